The maximum atomic E-state index is 10.3. The Labute approximate surface area is 50.9 Å². The Morgan fingerprint density at radius 2 is 2.25 bits per heavy atom. The maximum absolute atomic E-state index is 10.3. The third-order valence-corrected chi connectivity index (χ3v) is 1.08. The van der Waals surface area contributed by atoms with Crippen molar-refractivity contribution in [3.8, 4) is 0 Å². The zero-order chi connectivity index (χ0) is 6.57. The van der Waals surface area contributed by atoms with E-state index in [4.69, 9.17) is 4.43 Å². The molecule has 0 spiro atoms. The van der Waals surface area contributed by atoms with Gasteiger partial charge in [-0.2, -0.15) is 0 Å². The van der Waals surface area contributed by atoms with Crippen LogP contribution < -0.4 is 0 Å². The fourth-order valence-corrected chi connectivity index (χ4v) is 0.729. The molecular formula is C5H9O2Si. The molecule has 2 nitrogen and oxygen atoms in total. The maximum Gasteiger partial charge on any atom is 0.316 e. The number of carbonyl (C=O) groups excluding carboxylic acids is 1. The highest BCUT2D eigenvalue weighted by Gasteiger charge is 2.00. The Morgan fingerprint density at radius 3 is 2.38 bits per heavy atom. The van der Waals surface area contributed by atoms with Gasteiger partial charge in [0, 0.05) is 6.08 Å². The van der Waals surface area contributed by atoms with E-state index in [1.54, 1.807) is 0 Å². The van der Waals surface area contributed by atoms with Crippen LogP contribution in [0.4, 0.5) is 0 Å². The van der Waals surface area contributed by atoms with E-state index in [9.17, 15) is 4.79 Å². The van der Waals surface area contributed by atoms with Gasteiger partial charge in [0.2, 0.25) is 0 Å². The molecule has 0 aliphatic rings. The van der Waals surface area contributed by atoms with Gasteiger partial charge >= 0.3 is 5.97 Å². The minimum absolute atomic E-state index is 0.316. The normalized spacial score (nSPS) is 8.88. The monoisotopic (exact) mass is 129 g/mol. The molecule has 0 bridgehead atoms. The van der Waals surface area contributed by atoms with Crippen LogP contribution >= 0.6 is 0 Å². The number of carbonyl (C=O) groups is 1. The zero-order valence-electron chi connectivity index (χ0n) is 5.10. The predicted octanol–water partition coefficient (Wildman–Crippen LogP) is 0.967. The molecule has 0 fully saturated rings. The average molecular weight is 129 g/mol. The highest BCUT2D eigenvalue weighted by Crippen LogP contribution is 1.84. The molecule has 0 amide bonds. The lowest BCUT2D eigenvalue weighted by Gasteiger charge is -2.00. The van der Waals surface area contributed by atoms with Crippen LogP contribution in [-0.2, 0) is 9.22 Å². The van der Waals surface area contributed by atoms with Gasteiger partial charge in [0.1, 0.15) is 0 Å². The van der Waals surface area contributed by atoms with Gasteiger partial charge in [-0.1, -0.05) is 6.58 Å². The summed E-state index contributed by atoms with van der Waals surface area (Å²) < 4.78 is 4.74. The molecule has 8 heavy (non-hydrogen) atoms. The summed E-state index contributed by atoms with van der Waals surface area (Å²) in [5.74, 6) is -0.316. The van der Waals surface area contributed by atoms with Crippen LogP contribution in [-0.4, -0.2) is 15.0 Å². The summed E-state index contributed by atoms with van der Waals surface area (Å²) in [6.07, 6.45) is 1.18. The molecule has 0 aromatic rings. The molecular weight excluding hydrogens is 120 g/mol. The van der Waals surface area contributed by atoms with Crippen molar-refractivity contribution in [2.45, 2.75) is 13.1 Å². The van der Waals surface area contributed by atoms with Crippen molar-refractivity contribution in [3.05, 3.63) is 12.7 Å². The summed E-state index contributed by atoms with van der Waals surface area (Å²) in [5.41, 5.74) is 0. The Hall–Kier alpha value is -0.573. The topological polar surface area (TPSA) is 26.3 Å². The lowest BCUT2D eigenvalue weighted by Crippen LogP contribution is -2.12. The first kappa shape index (κ1) is 7.43. The molecule has 0 atom stereocenters. The fourth-order valence-electron chi connectivity index (χ4n) is 0.243. The Bertz CT molecular complexity index is 98.6. The largest absolute Gasteiger partial charge is 0.515 e. The van der Waals surface area contributed by atoms with E-state index in [0.717, 1.165) is 0 Å². The van der Waals surface area contributed by atoms with E-state index in [2.05, 4.69) is 6.58 Å². The third-order valence-electron chi connectivity index (χ3n) is 0.471. The van der Waals surface area contributed by atoms with E-state index < -0.39 is 9.04 Å². The second kappa shape index (κ2) is 3.43. The van der Waals surface area contributed by atoms with Crippen LogP contribution in [0.25, 0.3) is 0 Å². The van der Waals surface area contributed by atoms with Gasteiger partial charge in [0.15, 0.2) is 0 Å². The van der Waals surface area contributed by atoms with Crippen molar-refractivity contribution in [1.82, 2.24) is 0 Å². The summed E-state index contributed by atoms with van der Waals surface area (Å²) in [4.78, 5) is 10.3. The smallest absolute Gasteiger partial charge is 0.316 e. The molecule has 0 rings (SSSR count). The van der Waals surface area contributed by atoms with E-state index in [1.165, 1.54) is 6.08 Å². The molecule has 0 unspecified atom stereocenters. The fraction of sp³-hybridized carbons (Fsp3) is 0.400. The molecule has 1 radical (unpaired) electrons. The molecule has 0 heterocycles. The first-order valence-corrected chi connectivity index (χ1v) is 4.72. The lowest BCUT2D eigenvalue weighted by atomic mass is 10.7. The molecule has 45 valence electrons. The summed E-state index contributed by atoms with van der Waals surface area (Å²) in [5, 5.41) is 0. The zero-order valence-corrected chi connectivity index (χ0v) is 6.10. The number of rotatable bonds is 2. The Morgan fingerprint density at radius 1 is 1.75 bits per heavy atom. The van der Waals surface area contributed by atoms with E-state index in [-0.39, 0.29) is 5.97 Å². The first-order valence-electron chi connectivity index (χ1n) is 2.31. The summed E-state index contributed by atoms with van der Waals surface area (Å²) >= 11 is 0. The molecule has 3 heteroatoms. The predicted molar refractivity (Wildman–Crippen MR) is 33.8 cm³/mol. The Balaban J connectivity index is 3.39. The van der Waals surface area contributed by atoms with Gasteiger partial charge in [-0.25, -0.2) is 4.79 Å². The molecule has 0 aliphatic heterocycles. The molecule has 0 saturated carbocycles. The van der Waals surface area contributed by atoms with Gasteiger partial charge in [0.25, 0.3) is 9.04 Å². The lowest BCUT2D eigenvalue weighted by molar-refractivity contribution is -0.129. The molecule has 0 aromatic carbocycles. The van der Waals surface area contributed by atoms with E-state index >= 15 is 0 Å². The van der Waals surface area contributed by atoms with Crippen LogP contribution in [0.3, 0.4) is 0 Å². The quantitative estimate of drug-likeness (QED) is 0.410. The highest BCUT2D eigenvalue weighted by molar-refractivity contribution is 6.50. The highest BCUT2D eigenvalue weighted by atomic mass is 28.3. The van der Waals surface area contributed by atoms with Crippen LogP contribution in [0.2, 0.25) is 13.1 Å². The van der Waals surface area contributed by atoms with Crippen molar-refractivity contribution in [2.75, 3.05) is 0 Å². The van der Waals surface area contributed by atoms with Crippen molar-refractivity contribution in [1.29, 1.82) is 0 Å². The van der Waals surface area contributed by atoms with Crippen molar-refractivity contribution < 1.29 is 9.22 Å². The average Bonchev–Trinajstić information content (AvgIpc) is 1.65. The summed E-state index contributed by atoms with van der Waals surface area (Å²) in [7, 11) is -0.867. The van der Waals surface area contributed by atoms with E-state index in [1.807, 2.05) is 13.1 Å². The molecule has 0 N–H and O–H groups in total. The van der Waals surface area contributed by atoms with Crippen molar-refractivity contribution in [3.63, 3.8) is 0 Å². The molecule has 0 aliphatic carbocycles. The van der Waals surface area contributed by atoms with Gasteiger partial charge < -0.3 is 4.43 Å². The SMILES string of the molecule is C=CC(=O)O[Si](C)C. The van der Waals surface area contributed by atoms with Crippen LogP contribution in [0.5, 0.6) is 0 Å². The van der Waals surface area contributed by atoms with E-state index in [0.29, 0.717) is 0 Å². The van der Waals surface area contributed by atoms with Crippen molar-refractivity contribution in [2.24, 2.45) is 0 Å². The third kappa shape index (κ3) is 3.61. The minimum atomic E-state index is -0.867. The second-order valence-electron chi connectivity index (χ2n) is 1.53. The summed E-state index contributed by atoms with van der Waals surface area (Å²) in [6.45, 7) is 7.05. The Kier molecular flexibility index (Phi) is 3.19. The van der Waals surface area contributed by atoms with Gasteiger partial charge in [-0.15, -0.1) is 0 Å². The molecule has 0 aromatic heterocycles. The van der Waals surface area contributed by atoms with Crippen molar-refractivity contribution >= 4 is 15.0 Å². The number of hydrogen-bond donors (Lipinski definition) is 0. The van der Waals surface area contributed by atoms with Crippen LogP contribution in [0.15, 0.2) is 12.7 Å². The van der Waals surface area contributed by atoms with Gasteiger partial charge in [-0.3, -0.25) is 0 Å². The number of hydrogen-bond acceptors (Lipinski definition) is 2. The minimum Gasteiger partial charge on any atom is -0.515 e. The van der Waals surface area contributed by atoms with Gasteiger partial charge in [0.05, 0.1) is 0 Å². The van der Waals surface area contributed by atoms with Crippen LogP contribution in [0, 0.1) is 0 Å². The molecule has 0 saturated heterocycles. The first-order chi connectivity index (χ1) is 3.66. The second-order valence-corrected chi connectivity index (χ2v) is 3.55. The standard InChI is InChI=1S/C5H9O2Si/c1-4-5(6)7-8(2)3/h4H,1H2,2-3H3. The summed E-state index contributed by atoms with van der Waals surface area (Å²) in [6, 6.07) is 0. The van der Waals surface area contributed by atoms with Crippen LogP contribution in [0.1, 0.15) is 0 Å². The van der Waals surface area contributed by atoms with Gasteiger partial charge in [-0.05, 0) is 13.1 Å².